The van der Waals surface area contributed by atoms with Crippen LogP contribution in [0.2, 0.25) is 0 Å². The van der Waals surface area contributed by atoms with E-state index < -0.39 is 17.2 Å². The molecule has 0 heterocycles. The van der Waals surface area contributed by atoms with Gasteiger partial charge in [0.2, 0.25) is 0 Å². The highest BCUT2D eigenvalue weighted by Gasteiger charge is 2.35. The largest absolute Gasteiger partial charge is 0.476 e. The molecule has 0 bridgehead atoms. The minimum absolute atomic E-state index is 0.0313. The predicted octanol–water partition coefficient (Wildman–Crippen LogP) is 8.37. The third-order valence-electron chi connectivity index (χ3n) is 5.56. The van der Waals surface area contributed by atoms with Gasteiger partial charge in [-0.25, -0.2) is 4.79 Å². The number of unbranched alkanes of at least 4 members (excludes halogenated alkanes) is 3. The van der Waals surface area contributed by atoms with E-state index in [0.717, 1.165) is 22.4 Å². The highest BCUT2D eigenvalue weighted by molar-refractivity contribution is 7.99. The van der Waals surface area contributed by atoms with Crippen LogP contribution >= 0.6 is 11.8 Å². The maximum absolute atomic E-state index is 12.7. The Morgan fingerprint density at radius 3 is 2.08 bits per heavy atom. The van der Waals surface area contributed by atoms with Crippen molar-refractivity contribution in [1.82, 2.24) is 0 Å². The van der Waals surface area contributed by atoms with Crippen LogP contribution in [0.4, 0.5) is 0 Å². The summed E-state index contributed by atoms with van der Waals surface area (Å²) in [6, 6.07) is 11.8. The summed E-state index contributed by atoms with van der Waals surface area (Å²) in [6.07, 6.45) is 8.47. The van der Waals surface area contributed by atoms with Crippen LogP contribution < -0.4 is 4.74 Å². The molecular formula is C31H42O4S. The first-order chi connectivity index (χ1) is 16.8. The second-order valence-electron chi connectivity index (χ2n) is 10.7. The fourth-order valence-corrected chi connectivity index (χ4v) is 4.55. The summed E-state index contributed by atoms with van der Waals surface area (Å²) < 4.78 is 11.6. The molecule has 0 radical (unpaired) electrons. The summed E-state index contributed by atoms with van der Waals surface area (Å²) in [5.41, 5.74) is 1.64. The van der Waals surface area contributed by atoms with Gasteiger partial charge in [0.05, 0.1) is 0 Å². The van der Waals surface area contributed by atoms with Crippen molar-refractivity contribution in [2.24, 2.45) is 0 Å². The SMILES string of the molecule is CCCCCCSc1ccc(C(=O)C=Cc2cc(C)c(OC(C)(C)C(=O)OC(C)(C)C)c(C)c2)cc1. The molecule has 4 nitrogen and oxygen atoms in total. The van der Waals surface area contributed by atoms with Crippen LogP contribution in [0, 0.1) is 13.8 Å². The van der Waals surface area contributed by atoms with E-state index in [1.165, 1.54) is 30.6 Å². The van der Waals surface area contributed by atoms with Crippen LogP contribution in [0.25, 0.3) is 6.08 Å². The van der Waals surface area contributed by atoms with Gasteiger partial charge in [0, 0.05) is 10.5 Å². The number of esters is 1. The van der Waals surface area contributed by atoms with Crippen molar-refractivity contribution in [3.63, 3.8) is 0 Å². The van der Waals surface area contributed by atoms with Crippen LogP contribution in [0.1, 0.15) is 94.3 Å². The molecule has 2 rings (SSSR count). The van der Waals surface area contributed by atoms with E-state index in [4.69, 9.17) is 9.47 Å². The monoisotopic (exact) mass is 510 g/mol. The van der Waals surface area contributed by atoms with Gasteiger partial charge in [-0.15, -0.1) is 11.8 Å². The highest BCUT2D eigenvalue weighted by Crippen LogP contribution is 2.30. The minimum Gasteiger partial charge on any atom is -0.476 e. The van der Waals surface area contributed by atoms with Crippen LogP contribution in [0.5, 0.6) is 5.75 Å². The van der Waals surface area contributed by atoms with Gasteiger partial charge in [-0.3, -0.25) is 4.79 Å². The van der Waals surface area contributed by atoms with Gasteiger partial charge in [0.25, 0.3) is 0 Å². The van der Waals surface area contributed by atoms with Gasteiger partial charge >= 0.3 is 5.97 Å². The zero-order valence-electron chi connectivity index (χ0n) is 23.2. The second kappa shape index (κ2) is 13.1. The quantitative estimate of drug-likeness (QED) is 0.0944. The zero-order chi connectivity index (χ0) is 26.9. The number of carbonyl (C=O) groups is 2. The summed E-state index contributed by atoms with van der Waals surface area (Å²) in [7, 11) is 0. The maximum Gasteiger partial charge on any atom is 0.350 e. The molecule has 0 aromatic heterocycles. The number of hydrogen-bond donors (Lipinski definition) is 0. The fraction of sp³-hybridized carbons (Fsp3) is 0.484. The lowest BCUT2D eigenvalue weighted by Gasteiger charge is -2.30. The lowest BCUT2D eigenvalue weighted by Crippen LogP contribution is -2.43. The summed E-state index contributed by atoms with van der Waals surface area (Å²) in [4.78, 5) is 26.5. The van der Waals surface area contributed by atoms with Gasteiger partial charge in [-0.05, 0) is 120 Å². The molecule has 5 heteroatoms. The predicted molar refractivity (Wildman–Crippen MR) is 151 cm³/mol. The van der Waals surface area contributed by atoms with E-state index in [-0.39, 0.29) is 5.78 Å². The molecule has 0 saturated carbocycles. The van der Waals surface area contributed by atoms with E-state index in [0.29, 0.717) is 11.3 Å². The lowest BCUT2D eigenvalue weighted by atomic mass is 10.0. The van der Waals surface area contributed by atoms with Gasteiger partial charge < -0.3 is 9.47 Å². The molecule has 0 unspecified atom stereocenters. The second-order valence-corrected chi connectivity index (χ2v) is 11.9. The molecule has 0 aliphatic carbocycles. The Labute approximate surface area is 221 Å². The molecule has 196 valence electrons. The van der Waals surface area contributed by atoms with Crippen molar-refractivity contribution in [2.45, 2.75) is 97.2 Å². The van der Waals surface area contributed by atoms with Gasteiger partial charge in [-0.1, -0.05) is 32.3 Å². The average molecular weight is 511 g/mol. The van der Waals surface area contributed by atoms with E-state index in [9.17, 15) is 9.59 Å². The number of aryl methyl sites for hydroxylation is 2. The molecule has 0 N–H and O–H groups in total. The number of hydrogen-bond acceptors (Lipinski definition) is 5. The summed E-state index contributed by atoms with van der Waals surface area (Å²) in [5, 5.41) is 0. The van der Waals surface area contributed by atoms with Gasteiger partial charge in [0.1, 0.15) is 11.4 Å². The molecule has 0 atom stereocenters. The molecule has 36 heavy (non-hydrogen) atoms. The van der Waals surface area contributed by atoms with Crippen LogP contribution in [-0.2, 0) is 9.53 Å². The van der Waals surface area contributed by atoms with E-state index in [1.54, 1.807) is 19.9 Å². The minimum atomic E-state index is -1.13. The fourth-order valence-electron chi connectivity index (χ4n) is 3.64. The summed E-state index contributed by atoms with van der Waals surface area (Å²) >= 11 is 1.84. The number of carbonyl (C=O) groups excluding carboxylic acids is 2. The average Bonchev–Trinajstić information content (AvgIpc) is 2.79. The zero-order valence-corrected chi connectivity index (χ0v) is 24.0. The molecule has 2 aromatic rings. The van der Waals surface area contributed by atoms with E-state index in [1.807, 2.05) is 88.9 Å². The smallest absolute Gasteiger partial charge is 0.350 e. The number of allylic oxidation sites excluding steroid dienone is 1. The maximum atomic E-state index is 12.7. The first-order valence-electron chi connectivity index (χ1n) is 12.8. The molecule has 0 spiro atoms. The van der Waals surface area contributed by atoms with Crippen molar-refractivity contribution in [3.05, 3.63) is 64.7 Å². The third-order valence-corrected chi connectivity index (χ3v) is 6.66. The van der Waals surface area contributed by atoms with Crippen molar-refractivity contribution in [2.75, 3.05) is 5.75 Å². The van der Waals surface area contributed by atoms with Gasteiger partial charge in [-0.2, -0.15) is 0 Å². The molecule has 0 amide bonds. The Bertz CT molecular complexity index is 1040. The van der Waals surface area contributed by atoms with Crippen molar-refractivity contribution in [1.29, 1.82) is 0 Å². The van der Waals surface area contributed by atoms with Crippen molar-refractivity contribution in [3.8, 4) is 5.75 Å². The Morgan fingerprint density at radius 2 is 1.53 bits per heavy atom. The van der Waals surface area contributed by atoms with Crippen LogP contribution in [0.15, 0.2) is 47.4 Å². The Hall–Kier alpha value is -2.53. The number of rotatable bonds is 12. The van der Waals surface area contributed by atoms with Crippen LogP contribution in [0.3, 0.4) is 0 Å². The molecule has 0 aliphatic rings. The number of thioether (sulfide) groups is 1. The van der Waals surface area contributed by atoms with Gasteiger partial charge in [0.15, 0.2) is 11.4 Å². The normalized spacial score (nSPS) is 12.1. The first kappa shape index (κ1) is 29.7. The first-order valence-corrected chi connectivity index (χ1v) is 13.8. The van der Waals surface area contributed by atoms with Crippen LogP contribution in [-0.4, -0.2) is 28.7 Å². The van der Waals surface area contributed by atoms with Crippen molar-refractivity contribution < 1.29 is 19.1 Å². The third kappa shape index (κ3) is 9.50. The number of benzene rings is 2. The molecule has 0 fully saturated rings. The Balaban J connectivity index is 2.04. The Morgan fingerprint density at radius 1 is 0.917 bits per heavy atom. The standard InChI is InChI=1S/C31H42O4S/c1-9-10-11-12-19-36-26-16-14-25(15-17-26)27(32)18-13-24-20-22(2)28(23(3)21-24)34-31(7,8)29(33)35-30(4,5)6/h13-18,20-21H,9-12,19H2,1-8H3. The van der Waals surface area contributed by atoms with E-state index >= 15 is 0 Å². The van der Waals surface area contributed by atoms with E-state index in [2.05, 4.69) is 6.92 Å². The topological polar surface area (TPSA) is 52.6 Å². The molecule has 0 saturated heterocycles. The summed E-state index contributed by atoms with van der Waals surface area (Å²) in [5.74, 6) is 1.32. The van der Waals surface area contributed by atoms with Crippen molar-refractivity contribution >= 4 is 29.6 Å². The number of ether oxygens (including phenoxy) is 2. The molecular weight excluding hydrogens is 468 g/mol. The Kier molecular flexibility index (Phi) is 10.8. The number of ketones is 1. The lowest BCUT2D eigenvalue weighted by molar-refractivity contribution is -0.171. The molecule has 2 aromatic carbocycles. The summed E-state index contributed by atoms with van der Waals surface area (Å²) in [6.45, 7) is 15.0. The molecule has 0 aliphatic heterocycles. The highest BCUT2D eigenvalue weighted by atomic mass is 32.2.